The summed E-state index contributed by atoms with van der Waals surface area (Å²) >= 11 is 0. The first-order valence-electron chi connectivity index (χ1n) is 12.4. The lowest BCUT2D eigenvalue weighted by Crippen LogP contribution is -2.62. The molecule has 0 unspecified atom stereocenters. The van der Waals surface area contributed by atoms with Crippen LogP contribution in [0.25, 0.3) is 0 Å². The zero-order valence-electron chi connectivity index (χ0n) is 22.0. The number of aliphatic hydroxyl groups excluding tert-OH is 4. The summed E-state index contributed by atoms with van der Waals surface area (Å²) in [6.45, 7) is -1.94. The molecule has 0 amide bonds. The van der Waals surface area contributed by atoms with Crippen LogP contribution < -0.4 is 14.2 Å². The van der Waals surface area contributed by atoms with Crippen LogP contribution in [0.5, 0.6) is 28.7 Å². The summed E-state index contributed by atoms with van der Waals surface area (Å²) in [5.41, 5.74) is -2.13. The number of ether oxygens (including phenoxy) is 7. The third-order valence-electron chi connectivity index (χ3n) is 6.69. The van der Waals surface area contributed by atoms with Crippen molar-refractivity contribution in [2.24, 2.45) is 0 Å². The molecular formula is C26H32O15. The van der Waals surface area contributed by atoms with Crippen molar-refractivity contribution in [3.63, 3.8) is 0 Å². The maximum atomic E-state index is 12.5. The highest BCUT2D eigenvalue weighted by Crippen LogP contribution is 2.35. The van der Waals surface area contributed by atoms with Gasteiger partial charge in [0.25, 0.3) is 0 Å². The highest BCUT2D eigenvalue weighted by atomic mass is 16.8. The quantitative estimate of drug-likeness (QED) is 0.160. The van der Waals surface area contributed by atoms with Gasteiger partial charge in [-0.2, -0.15) is 0 Å². The van der Waals surface area contributed by atoms with E-state index in [0.717, 1.165) is 0 Å². The second-order valence-electron chi connectivity index (χ2n) is 9.45. The second-order valence-corrected chi connectivity index (χ2v) is 9.45. The fraction of sp³-hybridized carbons (Fsp3) is 0.500. The summed E-state index contributed by atoms with van der Waals surface area (Å²) in [7, 11) is 2.62. The molecule has 41 heavy (non-hydrogen) atoms. The van der Waals surface area contributed by atoms with Gasteiger partial charge < -0.3 is 68.9 Å². The molecule has 2 fully saturated rings. The van der Waals surface area contributed by atoms with Gasteiger partial charge in [0.15, 0.2) is 41.0 Å². The van der Waals surface area contributed by atoms with Gasteiger partial charge >= 0.3 is 5.97 Å². The van der Waals surface area contributed by atoms with Crippen molar-refractivity contribution >= 4 is 5.97 Å². The van der Waals surface area contributed by atoms with Crippen LogP contribution >= 0.6 is 0 Å². The molecule has 2 aromatic carbocycles. The molecule has 7 N–H and O–H groups in total. The van der Waals surface area contributed by atoms with Crippen molar-refractivity contribution in [2.75, 3.05) is 34.0 Å². The van der Waals surface area contributed by atoms with Crippen LogP contribution in [0.15, 0.2) is 36.4 Å². The molecule has 0 spiro atoms. The number of hydrogen-bond donors (Lipinski definition) is 7. The van der Waals surface area contributed by atoms with E-state index in [1.807, 2.05) is 0 Å². The van der Waals surface area contributed by atoms with Crippen molar-refractivity contribution in [3.05, 3.63) is 42.0 Å². The number of hydrogen-bond acceptors (Lipinski definition) is 15. The molecule has 15 heteroatoms. The van der Waals surface area contributed by atoms with Gasteiger partial charge in [0.05, 0.1) is 33.0 Å². The SMILES string of the molecule is COc1cc(O[C@H]2O[C@H](CO)[C@H](O)[C@H](O)[C@@H]2O[C@@H]2OC[C@](O)(COC(=O)c3ccc(O)c(OC)c3)[C@H]2O)ccc1O. The minimum Gasteiger partial charge on any atom is -0.504 e. The predicted octanol–water partition coefficient (Wildman–Crippen LogP) is -1.38. The maximum absolute atomic E-state index is 12.5. The Morgan fingerprint density at radius 1 is 0.976 bits per heavy atom. The minimum absolute atomic E-state index is 0.00482. The summed E-state index contributed by atoms with van der Waals surface area (Å²) in [6, 6.07) is 7.69. The fourth-order valence-corrected chi connectivity index (χ4v) is 4.29. The molecule has 15 nitrogen and oxygen atoms in total. The molecule has 226 valence electrons. The Bertz CT molecular complexity index is 1210. The number of aromatic hydroxyl groups is 2. The molecule has 8 atom stereocenters. The Hall–Kier alpha value is -3.41. The van der Waals surface area contributed by atoms with Gasteiger partial charge in [-0.15, -0.1) is 0 Å². The van der Waals surface area contributed by atoms with E-state index in [0.29, 0.717) is 0 Å². The summed E-state index contributed by atoms with van der Waals surface area (Å²) in [5.74, 6) is -1.07. The number of carbonyl (C=O) groups is 1. The van der Waals surface area contributed by atoms with Gasteiger partial charge in [-0.25, -0.2) is 4.79 Å². The van der Waals surface area contributed by atoms with Gasteiger partial charge in [0, 0.05) is 6.07 Å². The molecule has 0 bridgehead atoms. The van der Waals surface area contributed by atoms with E-state index in [1.54, 1.807) is 0 Å². The minimum atomic E-state index is -2.13. The van der Waals surface area contributed by atoms with E-state index in [2.05, 4.69) is 0 Å². The van der Waals surface area contributed by atoms with Crippen molar-refractivity contribution in [1.29, 1.82) is 0 Å². The average Bonchev–Trinajstić information content (AvgIpc) is 3.25. The lowest BCUT2D eigenvalue weighted by atomic mass is 9.98. The van der Waals surface area contributed by atoms with Gasteiger partial charge in [-0.1, -0.05) is 0 Å². The molecule has 2 heterocycles. The molecule has 2 aliphatic heterocycles. The molecule has 0 aliphatic carbocycles. The lowest BCUT2D eigenvalue weighted by Gasteiger charge is -2.42. The largest absolute Gasteiger partial charge is 0.504 e. The second kappa shape index (κ2) is 12.6. The smallest absolute Gasteiger partial charge is 0.338 e. The Balaban J connectivity index is 1.45. The number of methoxy groups -OCH3 is 2. The molecule has 2 aliphatic rings. The molecule has 0 saturated carbocycles. The normalized spacial score (nSPS) is 31.4. The first-order valence-corrected chi connectivity index (χ1v) is 12.4. The van der Waals surface area contributed by atoms with Crippen molar-refractivity contribution in [3.8, 4) is 28.7 Å². The fourth-order valence-electron chi connectivity index (χ4n) is 4.29. The molecule has 2 aromatic rings. The van der Waals surface area contributed by atoms with Crippen molar-refractivity contribution in [1.82, 2.24) is 0 Å². The number of phenols is 2. The van der Waals surface area contributed by atoms with Crippen molar-refractivity contribution in [2.45, 2.75) is 48.7 Å². The number of phenolic OH excluding ortho intramolecular Hbond substituents is 2. The van der Waals surface area contributed by atoms with Crippen LogP contribution in [-0.4, -0.2) is 124 Å². The third-order valence-corrected chi connectivity index (χ3v) is 6.69. The molecule has 0 aromatic heterocycles. The van der Waals surface area contributed by atoms with Crippen LogP contribution in [0.2, 0.25) is 0 Å². The number of esters is 1. The average molecular weight is 585 g/mol. The van der Waals surface area contributed by atoms with Crippen LogP contribution in [-0.2, 0) is 18.9 Å². The van der Waals surface area contributed by atoms with E-state index >= 15 is 0 Å². The molecule has 4 rings (SSSR count). The summed E-state index contributed by atoms with van der Waals surface area (Å²) in [6.07, 6.45) is -11.0. The third kappa shape index (κ3) is 6.42. The van der Waals surface area contributed by atoms with E-state index in [4.69, 9.17) is 33.2 Å². The first-order chi connectivity index (χ1) is 19.5. The van der Waals surface area contributed by atoms with Crippen LogP contribution in [0, 0.1) is 0 Å². The van der Waals surface area contributed by atoms with E-state index in [-0.39, 0.29) is 34.3 Å². The molecular weight excluding hydrogens is 552 g/mol. The molecule has 0 radical (unpaired) electrons. The van der Waals surface area contributed by atoms with Crippen LogP contribution in [0.4, 0.5) is 0 Å². The predicted molar refractivity (Wildman–Crippen MR) is 134 cm³/mol. The Morgan fingerprint density at radius 3 is 2.29 bits per heavy atom. The number of carbonyl (C=O) groups excluding carboxylic acids is 1. The van der Waals surface area contributed by atoms with E-state index in [9.17, 15) is 40.5 Å². The van der Waals surface area contributed by atoms with E-state index in [1.165, 1.54) is 50.6 Å². The first kappa shape index (κ1) is 30.5. The summed E-state index contributed by atoms with van der Waals surface area (Å²) in [5, 5.41) is 72.0. The standard InChI is InChI=1S/C26H32O15/c1-35-16-7-12(3-5-14(16)28)23(33)37-10-26(34)11-38-25(22(26)32)41-21-20(31)19(30)18(9-27)40-24(21)39-13-4-6-15(29)17(8-13)36-2/h3-8,18-22,24-25,27-32,34H,9-11H2,1-2H3/t18-,19+,20+,21+,22+,24+,25+,26-/m1/s1. The monoisotopic (exact) mass is 584 g/mol. The lowest BCUT2D eigenvalue weighted by molar-refractivity contribution is -0.318. The van der Waals surface area contributed by atoms with Crippen molar-refractivity contribution < 1.29 is 73.7 Å². The zero-order chi connectivity index (χ0) is 29.9. The highest BCUT2D eigenvalue weighted by molar-refractivity contribution is 5.90. The van der Waals surface area contributed by atoms with Crippen LogP contribution in [0.3, 0.4) is 0 Å². The zero-order valence-corrected chi connectivity index (χ0v) is 22.0. The Kier molecular flexibility index (Phi) is 9.41. The van der Waals surface area contributed by atoms with Gasteiger partial charge in [0.1, 0.15) is 36.8 Å². The van der Waals surface area contributed by atoms with Gasteiger partial charge in [0.2, 0.25) is 6.29 Å². The van der Waals surface area contributed by atoms with Gasteiger partial charge in [-0.05, 0) is 30.3 Å². The summed E-state index contributed by atoms with van der Waals surface area (Å²) in [4.78, 5) is 12.5. The van der Waals surface area contributed by atoms with Gasteiger partial charge in [-0.3, -0.25) is 0 Å². The number of benzene rings is 2. The number of aliphatic hydroxyl groups is 5. The topological polar surface area (TPSA) is 223 Å². The number of rotatable bonds is 10. The Morgan fingerprint density at radius 2 is 1.63 bits per heavy atom. The van der Waals surface area contributed by atoms with Crippen LogP contribution in [0.1, 0.15) is 10.4 Å². The van der Waals surface area contributed by atoms with E-state index < -0.39 is 74.5 Å². The summed E-state index contributed by atoms with van der Waals surface area (Å²) < 4.78 is 37.6. The molecule has 2 saturated heterocycles. The highest BCUT2D eigenvalue weighted by Gasteiger charge is 2.54. The maximum Gasteiger partial charge on any atom is 0.338 e. The Labute approximate surface area is 233 Å².